The summed E-state index contributed by atoms with van der Waals surface area (Å²) in [7, 11) is 0. The van der Waals surface area contributed by atoms with Crippen molar-refractivity contribution >= 4 is 51.1 Å². The summed E-state index contributed by atoms with van der Waals surface area (Å²) in [4.78, 5) is 34.7. The van der Waals surface area contributed by atoms with Crippen LogP contribution >= 0.6 is 23.1 Å². The molecule has 32 heavy (non-hydrogen) atoms. The number of furan rings is 1. The smallest absolute Gasteiger partial charge is 0.280 e. The van der Waals surface area contributed by atoms with Gasteiger partial charge in [-0.15, -0.1) is 17.9 Å². The zero-order valence-electron chi connectivity index (χ0n) is 17.3. The fourth-order valence-corrected chi connectivity index (χ4v) is 4.75. The number of hydrogen-bond donors (Lipinski definition) is 0. The fraction of sp³-hybridized carbons (Fsp3) is 0.136. The Balaban J connectivity index is 1.66. The Kier molecular flexibility index (Phi) is 6.06. The van der Waals surface area contributed by atoms with Crippen molar-refractivity contribution in [1.29, 1.82) is 0 Å². The highest BCUT2D eigenvalue weighted by atomic mass is 32.2. The zero-order chi connectivity index (χ0) is 22.8. The van der Waals surface area contributed by atoms with Gasteiger partial charge in [-0.3, -0.25) is 19.8 Å². The van der Waals surface area contributed by atoms with E-state index in [-0.39, 0.29) is 11.6 Å². The van der Waals surface area contributed by atoms with Crippen LogP contribution in [0.25, 0.3) is 17.4 Å². The molecule has 4 rings (SSSR count). The maximum Gasteiger partial charge on any atom is 0.280 e. The highest BCUT2D eigenvalue weighted by molar-refractivity contribution is 8.18. The number of benzene rings is 1. The lowest BCUT2D eigenvalue weighted by molar-refractivity contribution is -0.384. The molecule has 3 aromatic rings. The monoisotopic (exact) mass is 466 g/mol. The van der Waals surface area contributed by atoms with E-state index in [1.54, 1.807) is 43.3 Å². The van der Waals surface area contributed by atoms with Crippen molar-refractivity contribution in [2.75, 3.05) is 6.54 Å². The Morgan fingerprint density at radius 1 is 1.31 bits per heavy atom. The minimum Gasteiger partial charge on any atom is -0.456 e. The van der Waals surface area contributed by atoms with Gasteiger partial charge in [-0.2, -0.15) is 4.99 Å². The van der Waals surface area contributed by atoms with Gasteiger partial charge in [0, 0.05) is 24.1 Å². The van der Waals surface area contributed by atoms with Gasteiger partial charge in [-0.25, -0.2) is 4.98 Å². The third-order valence-electron chi connectivity index (χ3n) is 4.51. The SMILES string of the molecule is C=CCN1C(=O)/C(=C\c2ccc(-c3ccc(C)cc3[N+](=O)[O-])o2)S/C1=N/c1nc(C)cs1. The summed E-state index contributed by atoms with van der Waals surface area (Å²) >= 11 is 2.62. The second-order valence-corrected chi connectivity index (χ2v) is 8.81. The molecule has 0 N–H and O–H groups in total. The van der Waals surface area contributed by atoms with Gasteiger partial charge in [0.25, 0.3) is 11.6 Å². The lowest BCUT2D eigenvalue weighted by Crippen LogP contribution is -2.29. The number of aryl methyl sites for hydroxylation is 2. The van der Waals surface area contributed by atoms with Crippen LogP contribution in [-0.2, 0) is 4.79 Å². The van der Waals surface area contributed by atoms with Gasteiger partial charge in [0.05, 0.1) is 21.1 Å². The predicted molar refractivity (Wildman–Crippen MR) is 127 cm³/mol. The Bertz CT molecular complexity index is 1290. The van der Waals surface area contributed by atoms with Crippen LogP contribution in [0, 0.1) is 24.0 Å². The third-order valence-corrected chi connectivity index (χ3v) is 6.37. The first-order valence-corrected chi connectivity index (χ1v) is 11.2. The zero-order valence-corrected chi connectivity index (χ0v) is 18.9. The number of amidine groups is 1. The van der Waals surface area contributed by atoms with Crippen molar-refractivity contribution in [2.45, 2.75) is 13.8 Å². The Labute approximate surface area is 192 Å². The van der Waals surface area contributed by atoms with Gasteiger partial charge in [0.15, 0.2) is 5.17 Å². The topological polar surface area (TPSA) is 102 Å². The van der Waals surface area contributed by atoms with E-state index in [1.165, 1.54) is 34.1 Å². The molecule has 162 valence electrons. The minimum atomic E-state index is -0.435. The number of hydrogen-bond acceptors (Lipinski definition) is 8. The molecule has 0 atom stereocenters. The van der Waals surface area contributed by atoms with E-state index >= 15 is 0 Å². The molecule has 1 amide bonds. The van der Waals surface area contributed by atoms with Crippen molar-refractivity contribution in [3.63, 3.8) is 0 Å². The van der Waals surface area contributed by atoms with E-state index in [1.807, 2.05) is 12.3 Å². The summed E-state index contributed by atoms with van der Waals surface area (Å²) in [5, 5.41) is 14.4. The minimum absolute atomic E-state index is 0.0322. The summed E-state index contributed by atoms with van der Waals surface area (Å²) in [5.74, 6) is 0.547. The normalized spacial score (nSPS) is 16.3. The van der Waals surface area contributed by atoms with Gasteiger partial charge in [-0.1, -0.05) is 12.1 Å². The van der Waals surface area contributed by atoms with Gasteiger partial charge in [0.2, 0.25) is 5.13 Å². The van der Waals surface area contributed by atoms with Crippen LogP contribution in [0.2, 0.25) is 0 Å². The number of carbonyl (C=O) groups excluding carboxylic acids is 1. The molecule has 2 aromatic heterocycles. The van der Waals surface area contributed by atoms with E-state index in [0.717, 1.165) is 11.3 Å². The molecule has 1 aliphatic rings. The lowest BCUT2D eigenvalue weighted by Gasteiger charge is -2.11. The Morgan fingerprint density at radius 3 is 2.81 bits per heavy atom. The molecule has 1 saturated heterocycles. The fourth-order valence-electron chi connectivity index (χ4n) is 3.06. The molecule has 3 heterocycles. The molecule has 0 radical (unpaired) electrons. The Hall–Kier alpha value is -3.50. The van der Waals surface area contributed by atoms with Crippen molar-refractivity contribution in [2.24, 2.45) is 4.99 Å². The number of carbonyl (C=O) groups is 1. The van der Waals surface area contributed by atoms with Crippen LogP contribution in [0.4, 0.5) is 10.8 Å². The van der Waals surface area contributed by atoms with E-state index in [0.29, 0.717) is 38.8 Å². The highest BCUT2D eigenvalue weighted by Crippen LogP contribution is 2.36. The number of nitrogens with zero attached hydrogens (tertiary/aromatic N) is 4. The molecule has 0 saturated carbocycles. The molecule has 0 spiro atoms. The summed E-state index contributed by atoms with van der Waals surface area (Å²) in [6.45, 7) is 7.70. The number of aromatic nitrogens is 1. The van der Waals surface area contributed by atoms with Crippen LogP contribution in [0.5, 0.6) is 0 Å². The largest absolute Gasteiger partial charge is 0.456 e. The molecule has 0 bridgehead atoms. The quantitative estimate of drug-likeness (QED) is 0.199. The first kappa shape index (κ1) is 21.7. The third kappa shape index (κ3) is 4.41. The van der Waals surface area contributed by atoms with Gasteiger partial charge >= 0.3 is 0 Å². The summed E-state index contributed by atoms with van der Waals surface area (Å²) in [5.41, 5.74) is 2.00. The molecule has 1 aromatic carbocycles. The van der Waals surface area contributed by atoms with E-state index in [4.69, 9.17) is 4.42 Å². The first-order chi connectivity index (χ1) is 15.4. The van der Waals surface area contributed by atoms with Gasteiger partial charge in [-0.05, 0) is 49.4 Å². The predicted octanol–water partition coefficient (Wildman–Crippen LogP) is 5.72. The van der Waals surface area contributed by atoms with E-state index in [2.05, 4.69) is 16.6 Å². The second-order valence-electron chi connectivity index (χ2n) is 6.96. The van der Waals surface area contributed by atoms with Crippen molar-refractivity contribution < 1.29 is 14.1 Å². The number of thioether (sulfide) groups is 1. The number of thiazole rings is 1. The number of nitro benzene ring substituents is 1. The van der Waals surface area contributed by atoms with E-state index in [9.17, 15) is 14.9 Å². The van der Waals surface area contributed by atoms with Crippen LogP contribution < -0.4 is 0 Å². The van der Waals surface area contributed by atoms with Crippen LogP contribution in [0.15, 0.2) is 62.7 Å². The Morgan fingerprint density at radius 2 is 2.12 bits per heavy atom. The maximum absolute atomic E-state index is 12.9. The first-order valence-electron chi connectivity index (χ1n) is 9.54. The number of amides is 1. The molecular formula is C22H18N4O4S2. The molecule has 0 aliphatic carbocycles. The summed E-state index contributed by atoms with van der Waals surface area (Å²) < 4.78 is 5.83. The molecule has 1 aliphatic heterocycles. The highest BCUT2D eigenvalue weighted by Gasteiger charge is 2.33. The lowest BCUT2D eigenvalue weighted by atomic mass is 10.1. The molecule has 0 unspecified atom stereocenters. The van der Waals surface area contributed by atoms with Crippen molar-refractivity contribution in [3.05, 3.63) is 80.4 Å². The number of aliphatic imine (C=N–C) groups is 1. The second kappa shape index (κ2) is 8.93. The number of nitro groups is 1. The van der Waals surface area contributed by atoms with Crippen molar-refractivity contribution in [1.82, 2.24) is 9.88 Å². The van der Waals surface area contributed by atoms with Crippen LogP contribution in [0.3, 0.4) is 0 Å². The molecule has 1 fully saturated rings. The average Bonchev–Trinajstić information content (AvgIpc) is 3.45. The molecule has 10 heteroatoms. The van der Waals surface area contributed by atoms with Gasteiger partial charge < -0.3 is 4.42 Å². The molecular weight excluding hydrogens is 448 g/mol. The summed E-state index contributed by atoms with van der Waals surface area (Å²) in [6.07, 6.45) is 3.24. The standard InChI is InChI=1S/C22H18N4O4S2/c1-4-9-25-20(27)19(32-22(25)24-21-23-14(3)12-31-21)11-15-6-8-18(30-15)16-7-5-13(2)10-17(16)26(28)29/h4-8,10-12H,1,9H2,2-3H3/b19-11+,24-22+. The average molecular weight is 467 g/mol. The van der Waals surface area contributed by atoms with Gasteiger partial charge in [0.1, 0.15) is 11.5 Å². The summed E-state index contributed by atoms with van der Waals surface area (Å²) in [6, 6.07) is 8.28. The van der Waals surface area contributed by atoms with Crippen LogP contribution in [-0.4, -0.2) is 32.4 Å². The maximum atomic E-state index is 12.9. The van der Waals surface area contributed by atoms with E-state index < -0.39 is 4.92 Å². The van der Waals surface area contributed by atoms with Crippen molar-refractivity contribution in [3.8, 4) is 11.3 Å². The molecule has 8 nitrogen and oxygen atoms in total. The van der Waals surface area contributed by atoms with Crippen LogP contribution in [0.1, 0.15) is 17.0 Å². The number of rotatable bonds is 6.